The maximum absolute atomic E-state index is 4.64. The predicted molar refractivity (Wildman–Crippen MR) is 106 cm³/mol. The van der Waals surface area contributed by atoms with E-state index in [0.717, 1.165) is 5.69 Å². The Morgan fingerprint density at radius 2 is 2.04 bits per heavy atom. The lowest BCUT2D eigenvalue weighted by Crippen LogP contribution is -2.44. The van der Waals surface area contributed by atoms with E-state index >= 15 is 0 Å². The van der Waals surface area contributed by atoms with Crippen molar-refractivity contribution in [2.24, 2.45) is 7.05 Å². The van der Waals surface area contributed by atoms with Crippen LogP contribution in [0.1, 0.15) is 56.1 Å². The van der Waals surface area contributed by atoms with Crippen molar-refractivity contribution in [2.45, 2.75) is 72.4 Å². The number of hydrogen-bond acceptors (Lipinski definition) is 2. The van der Waals surface area contributed by atoms with E-state index in [1.54, 1.807) is 5.56 Å². The molecule has 0 unspecified atom stereocenters. The summed E-state index contributed by atoms with van der Waals surface area (Å²) in [6.07, 6.45) is 4.85. The minimum Gasteiger partial charge on any atom is -0.298 e. The lowest BCUT2D eigenvalue weighted by atomic mass is 9.82. The summed E-state index contributed by atoms with van der Waals surface area (Å²) in [4.78, 5) is 2.70. The Labute approximate surface area is 153 Å². The van der Waals surface area contributed by atoms with Crippen LogP contribution >= 0.6 is 0 Å². The molecule has 0 N–H and O–H groups in total. The number of benzene rings is 1. The van der Waals surface area contributed by atoms with Crippen molar-refractivity contribution >= 4 is 0 Å². The monoisotopic (exact) mass is 339 g/mol. The molecule has 1 aromatic heterocycles. The van der Waals surface area contributed by atoms with E-state index in [4.69, 9.17) is 0 Å². The summed E-state index contributed by atoms with van der Waals surface area (Å²) in [5.74, 6) is 0. The van der Waals surface area contributed by atoms with E-state index in [1.807, 2.05) is 11.7 Å². The maximum atomic E-state index is 4.64. The minimum atomic E-state index is 0.623. The van der Waals surface area contributed by atoms with Crippen molar-refractivity contribution in [2.75, 3.05) is 6.54 Å². The molecule has 1 aliphatic rings. The molecular formula is C22H33N3. The van der Waals surface area contributed by atoms with Gasteiger partial charge in [0.1, 0.15) is 0 Å². The molecule has 0 aliphatic heterocycles. The van der Waals surface area contributed by atoms with Crippen LogP contribution in [0.5, 0.6) is 0 Å². The van der Waals surface area contributed by atoms with Gasteiger partial charge in [-0.05, 0) is 76.6 Å². The second kappa shape index (κ2) is 7.33. The molecule has 3 nitrogen and oxygen atoms in total. The molecule has 0 fully saturated rings. The average molecular weight is 340 g/mol. The third-order valence-corrected chi connectivity index (χ3v) is 5.85. The van der Waals surface area contributed by atoms with Gasteiger partial charge in [-0.2, -0.15) is 5.10 Å². The standard InChI is InChI=1S/C22H33N3/c1-7-13-25(15(2)3)19-11-12-20-18(14-19)9-8-10-21(20)22-16(4)23-24(6)17(22)5/h8-10,15,19H,7,11-14H2,1-6H3/t19-/m0/s1. The van der Waals surface area contributed by atoms with Crippen LogP contribution in [0.4, 0.5) is 0 Å². The first-order chi connectivity index (χ1) is 11.9. The normalized spacial score (nSPS) is 17.4. The first kappa shape index (κ1) is 18.2. The van der Waals surface area contributed by atoms with Crippen LogP contribution in [0.2, 0.25) is 0 Å². The van der Waals surface area contributed by atoms with Crippen molar-refractivity contribution in [3.63, 3.8) is 0 Å². The fourth-order valence-electron chi connectivity index (χ4n) is 4.59. The van der Waals surface area contributed by atoms with Gasteiger partial charge in [0.15, 0.2) is 0 Å². The molecule has 0 saturated heterocycles. The molecule has 1 aromatic carbocycles. The fourth-order valence-corrected chi connectivity index (χ4v) is 4.59. The summed E-state index contributed by atoms with van der Waals surface area (Å²) in [6, 6.07) is 8.18. The van der Waals surface area contributed by atoms with E-state index in [1.165, 1.54) is 54.6 Å². The number of fused-ring (bicyclic) bond motifs is 1. The summed E-state index contributed by atoms with van der Waals surface area (Å²) in [5, 5.41) is 4.64. The predicted octanol–water partition coefficient (Wildman–Crippen LogP) is 4.68. The highest BCUT2D eigenvalue weighted by Gasteiger charge is 2.27. The fraction of sp³-hybridized carbons (Fsp3) is 0.591. The van der Waals surface area contributed by atoms with Crippen LogP contribution in [-0.4, -0.2) is 33.3 Å². The Bertz CT molecular complexity index is 742. The highest BCUT2D eigenvalue weighted by molar-refractivity contribution is 5.73. The van der Waals surface area contributed by atoms with Crippen molar-refractivity contribution in [1.29, 1.82) is 0 Å². The lowest BCUT2D eigenvalue weighted by Gasteiger charge is -2.38. The van der Waals surface area contributed by atoms with Gasteiger partial charge < -0.3 is 0 Å². The zero-order valence-electron chi connectivity index (χ0n) is 16.8. The SMILES string of the molecule is CCCN(C(C)C)[C@H]1CCc2c(cccc2-c2c(C)nn(C)c2C)C1. The summed E-state index contributed by atoms with van der Waals surface area (Å²) in [5.41, 5.74) is 8.25. The van der Waals surface area contributed by atoms with Crippen molar-refractivity contribution < 1.29 is 0 Å². The molecule has 0 bridgehead atoms. The smallest absolute Gasteiger partial charge is 0.0674 e. The number of hydrogen-bond donors (Lipinski definition) is 0. The van der Waals surface area contributed by atoms with Gasteiger partial charge in [0.05, 0.1) is 5.69 Å². The zero-order chi connectivity index (χ0) is 18.1. The molecular weight excluding hydrogens is 306 g/mol. The van der Waals surface area contributed by atoms with E-state index in [0.29, 0.717) is 12.1 Å². The minimum absolute atomic E-state index is 0.623. The molecule has 2 aromatic rings. The van der Waals surface area contributed by atoms with Crippen molar-refractivity contribution in [1.82, 2.24) is 14.7 Å². The largest absolute Gasteiger partial charge is 0.298 e. The molecule has 3 heteroatoms. The van der Waals surface area contributed by atoms with Gasteiger partial charge in [0.2, 0.25) is 0 Å². The molecule has 1 aliphatic carbocycles. The molecule has 1 heterocycles. The number of aryl methyl sites for hydroxylation is 2. The molecule has 0 saturated carbocycles. The molecule has 0 radical (unpaired) electrons. The van der Waals surface area contributed by atoms with Crippen molar-refractivity contribution in [3.8, 4) is 11.1 Å². The zero-order valence-corrected chi connectivity index (χ0v) is 16.8. The molecule has 25 heavy (non-hydrogen) atoms. The van der Waals surface area contributed by atoms with Crippen LogP contribution < -0.4 is 0 Å². The topological polar surface area (TPSA) is 21.1 Å². The van der Waals surface area contributed by atoms with Crippen LogP contribution in [0, 0.1) is 13.8 Å². The Morgan fingerprint density at radius 3 is 2.64 bits per heavy atom. The van der Waals surface area contributed by atoms with E-state index in [2.05, 4.69) is 62.8 Å². The second-order valence-electron chi connectivity index (χ2n) is 7.84. The van der Waals surface area contributed by atoms with E-state index < -0.39 is 0 Å². The number of nitrogens with zero attached hydrogens (tertiary/aromatic N) is 3. The Hall–Kier alpha value is -1.61. The van der Waals surface area contributed by atoms with Gasteiger partial charge in [0, 0.05) is 30.4 Å². The number of aromatic nitrogens is 2. The second-order valence-corrected chi connectivity index (χ2v) is 7.84. The molecule has 136 valence electrons. The van der Waals surface area contributed by atoms with Crippen molar-refractivity contribution in [3.05, 3.63) is 40.7 Å². The molecule has 1 atom stereocenters. The highest BCUT2D eigenvalue weighted by Crippen LogP contribution is 2.36. The van der Waals surface area contributed by atoms with Crippen LogP contribution in [0.15, 0.2) is 18.2 Å². The van der Waals surface area contributed by atoms with Gasteiger partial charge in [-0.1, -0.05) is 25.1 Å². The van der Waals surface area contributed by atoms with E-state index in [-0.39, 0.29) is 0 Å². The quantitative estimate of drug-likeness (QED) is 0.788. The highest BCUT2D eigenvalue weighted by atomic mass is 15.3. The van der Waals surface area contributed by atoms with E-state index in [9.17, 15) is 0 Å². The van der Waals surface area contributed by atoms with Gasteiger partial charge in [-0.15, -0.1) is 0 Å². The Morgan fingerprint density at radius 1 is 1.28 bits per heavy atom. The summed E-state index contributed by atoms with van der Waals surface area (Å²) >= 11 is 0. The first-order valence-electron chi connectivity index (χ1n) is 9.81. The van der Waals surface area contributed by atoms with Gasteiger partial charge in [-0.3, -0.25) is 9.58 Å². The van der Waals surface area contributed by atoms with Crippen LogP contribution in [-0.2, 0) is 19.9 Å². The maximum Gasteiger partial charge on any atom is 0.0674 e. The third-order valence-electron chi connectivity index (χ3n) is 5.85. The van der Waals surface area contributed by atoms with Gasteiger partial charge in [0.25, 0.3) is 0 Å². The Balaban J connectivity index is 1.96. The average Bonchev–Trinajstić information content (AvgIpc) is 2.83. The summed E-state index contributed by atoms with van der Waals surface area (Å²) in [6.45, 7) is 12.5. The number of rotatable bonds is 5. The van der Waals surface area contributed by atoms with Gasteiger partial charge in [-0.25, -0.2) is 0 Å². The molecule has 3 rings (SSSR count). The summed E-state index contributed by atoms with van der Waals surface area (Å²) < 4.78 is 2.01. The van der Waals surface area contributed by atoms with Crippen LogP contribution in [0.25, 0.3) is 11.1 Å². The third kappa shape index (κ3) is 3.39. The summed E-state index contributed by atoms with van der Waals surface area (Å²) in [7, 11) is 2.04. The lowest BCUT2D eigenvalue weighted by molar-refractivity contribution is 0.140. The first-order valence-corrected chi connectivity index (χ1v) is 9.81. The molecule has 0 spiro atoms. The van der Waals surface area contributed by atoms with Gasteiger partial charge >= 0.3 is 0 Å². The Kier molecular flexibility index (Phi) is 5.33. The molecule has 0 amide bonds. The van der Waals surface area contributed by atoms with Crippen LogP contribution in [0.3, 0.4) is 0 Å².